The van der Waals surface area contributed by atoms with E-state index in [0.29, 0.717) is 12.1 Å². The molecular weight excluding hydrogens is 328 g/mol. The predicted octanol–water partition coefficient (Wildman–Crippen LogP) is 1.34. The smallest absolute Gasteiger partial charge is 0.369 e. The number of nitrogens with two attached hydrogens (primary N) is 1. The highest BCUT2D eigenvalue weighted by molar-refractivity contribution is 7.89. The minimum Gasteiger partial charge on any atom is -0.369 e. The maximum atomic E-state index is 13.7. The van der Waals surface area contributed by atoms with Gasteiger partial charge in [0.25, 0.3) is 0 Å². The van der Waals surface area contributed by atoms with Crippen molar-refractivity contribution in [3.63, 3.8) is 0 Å². The van der Waals surface area contributed by atoms with Gasteiger partial charge in [0.15, 0.2) is 0 Å². The molecule has 22 heavy (non-hydrogen) atoms. The minimum atomic E-state index is -4.79. The molecule has 2 rings (SSSR count). The highest BCUT2D eigenvalue weighted by atomic mass is 32.2. The van der Waals surface area contributed by atoms with Gasteiger partial charge in [-0.3, -0.25) is 4.79 Å². The predicted molar refractivity (Wildman–Crippen MR) is 67.5 cm³/mol. The van der Waals surface area contributed by atoms with E-state index in [9.17, 15) is 30.8 Å². The quantitative estimate of drug-likeness (QED) is 0.843. The number of sulfonamides is 1. The van der Waals surface area contributed by atoms with Crippen molar-refractivity contribution >= 4 is 15.9 Å². The van der Waals surface area contributed by atoms with E-state index >= 15 is 0 Å². The Morgan fingerprint density at radius 2 is 1.95 bits per heavy atom. The van der Waals surface area contributed by atoms with Crippen LogP contribution in [0.25, 0.3) is 0 Å². The molecule has 0 saturated carbocycles. The lowest BCUT2D eigenvalue weighted by atomic mass is 10.1. The normalized spacial score (nSPS) is 20.3. The van der Waals surface area contributed by atoms with Gasteiger partial charge in [-0.05, 0) is 24.6 Å². The van der Waals surface area contributed by atoms with E-state index in [1.165, 1.54) is 0 Å². The van der Waals surface area contributed by atoms with Crippen LogP contribution < -0.4 is 5.73 Å². The SMILES string of the molecule is NC(=O)C1CCN(S(=O)(=O)c2cc(C(F)(F)F)ccc2F)C1. The molecular formula is C12H12F4N2O3S. The molecule has 1 unspecified atom stereocenters. The average Bonchev–Trinajstić information content (AvgIpc) is 2.87. The Balaban J connectivity index is 2.40. The molecule has 1 atom stereocenters. The summed E-state index contributed by atoms with van der Waals surface area (Å²) in [5.41, 5.74) is 3.80. The van der Waals surface area contributed by atoms with Crippen molar-refractivity contribution in [1.82, 2.24) is 4.31 Å². The summed E-state index contributed by atoms with van der Waals surface area (Å²) in [6.45, 7) is -0.376. The van der Waals surface area contributed by atoms with Crippen molar-refractivity contribution in [2.75, 3.05) is 13.1 Å². The molecule has 0 aromatic heterocycles. The third-order valence-electron chi connectivity index (χ3n) is 3.43. The van der Waals surface area contributed by atoms with Gasteiger partial charge in [-0.15, -0.1) is 0 Å². The molecule has 1 aromatic carbocycles. The Labute approximate surface area is 123 Å². The van der Waals surface area contributed by atoms with Gasteiger partial charge in [0.1, 0.15) is 10.7 Å². The third-order valence-corrected chi connectivity index (χ3v) is 5.31. The molecule has 0 bridgehead atoms. The summed E-state index contributed by atoms with van der Waals surface area (Å²) in [6.07, 6.45) is -4.64. The van der Waals surface area contributed by atoms with Crippen LogP contribution in [0.15, 0.2) is 23.1 Å². The van der Waals surface area contributed by atoms with E-state index in [4.69, 9.17) is 5.73 Å². The molecule has 1 saturated heterocycles. The number of carbonyl (C=O) groups excluding carboxylic acids is 1. The largest absolute Gasteiger partial charge is 0.416 e. The summed E-state index contributed by atoms with van der Waals surface area (Å²) in [5.74, 6) is -2.72. The number of amides is 1. The molecule has 1 fully saturated rings. The molecule has 1 aromatic rings. The Morgan fingerprint density at radius 3 is 2.45 bits per heavy atom. The van der Waals surface area contributed by atoms with E-state index in [1.54, 1.807) is 0 Å². The Hall–Kier alpha value is -1.68. The fourth-order valence-electron chi connectivity index (χ4n) is 2.20. The van der Waals surface area contributed by atoms with Gasteiger partial charge in [0, 0.05) is 13.1 Å². The molecule has 1 aliphatic rings. The van der Waals surface area contributed by atoms with Crippen LogP contribution in [0.2, 0.25) is 0 Å². The van der Waals surface area contributed by atoms with Crippen molar-refractivity contribution in [3.8, 4) is 0 Å². The molecule has 0 radical (unpaired) electrons. The van der Waals surface area contributed by atoms with Gasteiger partial charge in [-0.2, -0.15) is 17.5 Å². The number of benzene rings is 1. The summed E-state index contributed by atoms with van der Waals surface area (Å²) < 4.78 is 76.9. The van der Waals surface area contributed by atoms with Crippen LogP contribution in [0.1, 0.15) is 12.0 Å². The topological polar surface area (TPSA) is 80.5 Å². The van der Waals surface area contributed by atoms with Crippen molar-refractivity contribution in [2.45, 2.75) is 17.5 Å². The highest BCUT2D eigenvalue weighted by Gasteiger charge is 2.38. The fourth-order valence-corrected chi connectivity index (χ4v) is 3.79. The molecule has 10 heteroatoms. The van der Waals surface area contributed by atoms with E-state index in [1.807, 2.05) is 0 Å². The Morgan fingerprint density at radius 1 is 1.32 bits per heavy atom. The lowest BCUT2D eigenvalue weighted by molar-refractivity contribution is -0.137. The third kappa shape index (κ3) is 3.07. The van der Waals surface area contributed by atoms with Crippen LogP contribution in [0.5, 0.6) is 0 Å². The first-order chi connectivity index (χ1) is 10.0. The number of alkyl halides is 3. The molecule has 0 spiro atoms. The van der Waals surface area contributed by atoms with Crippen LogP contribution in [0, 0.1) is 11.7 Å². The molecule has 2 N–H and O–H groups in total. The number of nitrogens with zero attached hydrogens (tertiary/aromatic N) is 1. The lowest BCUT2D eigenvalue weighted by Crippen LogP contribution is -2.32. The molecule has 5 nitrogen and oxygen atoms in total. The van der Waals surface area contributed by atoms with Gasteiger partial charge < -0.3 is 5.73 Å². The molecule has 0 aliphatic carbocycles. The van der Waals surface area contributed by atoms with E-state index < -0.39 is 44.3 Å². The van der Waals surface area contributed by atoms with Crippen LogP contribution in [-0.4, -0.2) is 31.7 Å². The van der Waals surface area contributed by atoms with Crippen molar-refractivity contribution < 1.29 is 30.8 Å². The fraction of sp³-hybridized carbons (Fsp3) is 0.417. The minimum absolute atomic E-state index is 0.106. The van der Waals surface area contributed by atoms with Crippen molar-refractivity contribution in [2.24, 2.45) is 11.7 Å². The van der Waals surface area contributed by atoms with E-state index in [-0.39, 0.29) is 25.6 Å². The van der Waals surface area contributed by atoms with Gasteiger partial charge in [-0.25, -0.2) is 12.8 Å². The van der Waals surface area contributed by atoms with Crippen LogP contribution in [0.4, 0.5) is 17.6 Å². The molecule has 1 aliphatic heterocycles. The van der Waals surface area contributed by atoms with E-state index in [2.05, 4.69) is 0 Å². The number of rotatable bonds is 3. The van der Waals surface area contributed by atoms with Gasteiger partial charge in [0.2, 0.25) is 15.9 Å². The number of hydrogen-bond acceptors (Lipinski definition) is 3. The van der Waals surface area contributed by atoms with Crippen molar-refractivity contribution in [3.05, 3.63) is 29.6 Å². The highest BCUT2D eigenvalue weighted by Crippen LogP contribution is 2.33. The summed E-state index contributed by atoms with van der Waals surface area (Å²) in [4.78, 5) is 9.98. The summed E-state index contributed by atoms with van der Waals surface area (Å²) in [6, 6.07) is 1.17. The summed E-state index contributed by atoms with van der Waals surface area (Å²) in [7, 11) is -4.47. The van der Waals surface area contributed by atoms with Gasteiger partial charge in [-0.1, -0.05) is 0 Å². The second-order valence-corrected chi connectivity index (χ2v) is 6.80. The monoisotopic (exact) mass is 340 g/mol. The maximum absolute atomic E-state index is 13.7. The Kier molecular flexibility index (Phi) is 4.18. The molecule has 1 heterocycles. The maximum Gasteiger partial charge on any atom is 0.416 e. The Bertz CT molecular complexity index is 703. The van der Waals surface area contributed by atoms with Gasteiger partial charge in [0.05, 0.1) is 11.5 Å². The zero-order valence-electron chi connectivity index (χ0n) is 11.1. The second-order valence-electron chi connectivity index (χ2n) is 4.89. The lowest BCUT2D eigenvalue weighted by Gasteiger charge is -2.17. The van der Waals surface area contributed by atoms with Gasteiger partial charge >= 0.3 is 6.18 Å². The van der Waals surface area contributed by atoms with Crippen LogP contribution >= 0.6 is 0 Å². The van der Waals surface area contributed by atoms with Crippen LogP contribution in [-0.2, 0) is 21.0 Å². The summed E-state index contributed by atoms with van der Waals surface area (Å²) in [5, 5.41) is 0. The number of halogens is 4. The number of primary amides is 1. The molecule has 1 amide bonds. The first-order valence-electron chi connectivity index (χ1n) is 6.19. The first-order valence-corrected chi connectivity index (χ1v) is 7.63. The second kappa shape index (κ2) is 5.51. The molecule has 122 valence electrons. The summed E-state index contributed by atoms with van der Waals surface area (Å²) >= 11 is 0. The average molecular weight is 340 g/mol. The number of carbonyl (C=O) groups is 1. The van der Waals surface area contributed by atoms with E-state index in [0.717, 1.165) is 4.31 Å². The standard InChI is InChI=1S/C12H12F4N2O3S/c13-9-2-1-8(12(14,15)16)5-10(9)22(20,21)18-4-3-7(6-18)11(17)19/h1-2,5,7H,3-4,6H2,(H2,17,19). The van der Waals surface area contributed by atoms with Crippen LogP contribution in [0.3, 0.4) is 0 Å². The first kappa shape index (κ1) is 16.7. The number of hydrogen-bond donors (Lipinski definition) is 1. The zero-order chi connectivity index (χ0) is 16.7. The zero-order valence-corrected chi connectivity index (χ0v) is 11.9. The van der Waals surface area contributed by atoms with Crippen molar-refractivity contribution in [1.29, 1.82) is 0 Å².